The molecule has 0 saturated heterocycles. The Kier molecular flexibility index (Phi) is 3.55. The Hall–Kier alpha value is -0.830. The molecule has 1 atom stereocenters. The van der Waals surface area contributed by atoms with Crippen LogP contribution < -0.4 is 4.90 Å². The predicted molar refractivity (Wildman–Crippen MR) is 67.0 cm³/mol. The van der Waals surface area contributed by atoms with Crippen LogP contribution in [0.4, 0.5) is 5.00 Å². The van der Waals surface area contributed by atoms with Gasteiger partial charge in [0.05, 0.1) is 9.88 Å². The SMILES string of the molecule is CC(N(C)c1ccc(C=O)s1)C(C)(C)C. The number of carbonyl (C=O) groups excluding carboxylic acids is 1. The lowest BCUT2D eigenvalue weighted by molar-refractivity contribution is 0.112. The van der Waals surface area contributed by atoms with Gasteiger partial charge >= 0.3 is 0 Å². The van der Waals surface area contributed by atoms with Crippen LogP contribution in [0.25, 0.3) is 0 Å². The number of thiophene rings is 1. The lowest BCUT2D eigenvalue weighted by atomic mass is 9.87. The van der Waals surface area contributed by atoms with E-state index in [1.54, 1.807) is 11.3 Å². The van der Waals surface area contributed by atoms with E-state index in [2.05, 4.69) is 39.6 Å². The Morgan fingerprint density at radius 2 is 2.00 bits per heavy atom. The Labute approximate surface area is 95.9 Å². The second kappa shape index (κ2) is 4.35. The molecule has 2 nitrogen and oxygen atoms in total. The number of hydrogen-bond acceptors (Lipinski definition) is 3. The smallest absolute Gasteiger partial charge is 0.160 e. The first-order chi connectivity index (χ1) is 6.86. The molecule has 0 radical (unpaired) electrons. The summed E-state index contributed by atoms with van der Waals surface area (Å²) < 4.78 is 0. The van der Waals surface area contributed by atoms with Gasteiger partial charge in [0.25, 0.3) is 0 Å². The molecule has 0 fully saturated rings. The third-order valence-corrected chi connectivity index (χ3v) is 4.01. The van der Waals surface area contributed by atoms with Crippen molar-refractivity contribution >= 4 is 22.6 Å². The minimum Gasteiger partial charge on any atom is -0.363 e. The van der Waals surface area contributed by atoms with E-state index < -0.39 is 0 Å². The average molecular weight is 225 g/mol. The van der Waals surface area contributed by atoms with Crippen LogP contribution in [-0.2, 0) is 0 Å². The fourth-order valence-electron chi connectivity index (χ4n) is 1.37. The van der Waals surface area contributed by atoms with Crippen molar-refractivity contribution in [2.24, 2.45) is 5.41 Å². The molecule has 1 unspecified atom stereocenters. The van der Waals surface area contributed by atoms with Crippen LogP contribution in [-0.4, -0.2) is 19.4 Å². The van der Waals surface area contributed by atoms with Gasteiger partial charge in [-0.3, -0.25) is 4.79 Å². The third-order valence-electron chi connectivity index (χ3n) is 2.91. The number of aldehydes is 1. The van der Waals surface area contributed by atoms with Crippen molar-refractivity contribution in [2.75, 3.05) is 11.9 Å². The predicted octanol–water partition coefficient (Wildman–Crippen LogP) is 3.43. The maximum Gasteiger partial charge on any atom is 0.160 e. The second-order valence-corrected chi connectivity index (χ2v) is 6.04. The van der Waals surface area contributed by atoms with Crippen LogP contribution in [0.3, 0.4) is 0 Å². The zero-order valence-electron chi connectivity index (χ0n) is 10.1. The number of anilines is 1. The molecule has 1 aromatic heterocycles. The molecule has 0 aliphatic rings. The summed E-state index contributed by atoms with van der Waals surface area (Å²) >= 11 is 1.54. The van der Waals surface area contributed by atoms with Crippen LogP contribution in [0, 0.1) is 5.41 Å². The fraction of sp³-hybridized carbons (Fsp3) is 0.583. The lowest BCUT2D eigenvalue weighted by Crippen LogP contribution is -2.38. The first-order valence-electron chi connectivity index (χ1n) is 5.14. The second-order valence-electron chi connectivity index (χ2n) is 4.95. The van der Waals surface area contributed by atoms with Crippen molar-refractivity contribution in [3.05, 3.63) is 17.0 Å². The van der Waals surface area contributed by atoms with Crippen molar-refractivity contribution in [3.8, 4) is 0 Å². The van der Waals surface area contributed by atoms with Gasteiger partial charge in [0.15, 0.2) is 6.29 Å². The summed E-state index contributed by atoms with van der Waals surface area (Å²) in [7, 11) is 2.08. The van der Waals surface area contributed by atoms with Crippen molar-refractivity contribution in [1.29, 1.82) is 0 Å². The summed E-state index contributed by atoms with van der Waals surface area (Å²) in [5.41, 5.74) is 0.236. The zero-order valence-corrected chi connectivity index (χ0v) is 10.9. The van der Waals surface area contributed by atoms with Gasteiger partial charge < -0.3 is 4.90 Å². The summed E-state index contributed by atoms with van der Waals surface area (Å²) in [6, 6.07) is 4.32. The van der Waals surface area contributed by atoms with E-state index in [0.29, 0.717) is 6.04 Å². The van der Waals surface area contributed by atoms with Gasteiger partial charge in [0.1, 0.15) is 0 Å². The standard InChI is InChI=1S/C12H19NOS/c1-9(12(2,3)4)13(5)11-7-6-10(8-14)15-11/h6-9H,1-5H3. The van der Waals surface area contributed by atoms with Crippen molar-refractivity contribution in [1.82, 2.24) is 0 Å². The number of carbonyl (C=O) groups is 1. The van der Waals surface area contributed by atoms with E-state index in [1.165, 1.54) is 0 Å². The molecule has 0 aliphatic carbocycles. The van der Waals surface area contributed by atoms with E-state index in [4.69, 9.17) is 0 Å². The molecular formula is C12H19NOS. The summed E-state index contributed by atoms with van der Waals surface area (Å²) in [5, 5.41) is 1.15. The van der Waals surface area contributed by atoms with E-state index in [0.717, 1.165) is 16.2 Å². The number of nitrogens with zero attached hydrogens (tertiary/aromatic N) is 1. The van der Waals surface area contributed by atoms with Crippen molar-refractivity contribution in [3.63, 3.8) is 0 Å². The zero-order chi connectivity index (χ0) is 11.6. The molecule has 0 N–H and O–H groups in total. The van der Waals surface area contributed by atoms with Gasteiger partial charge in [-0.05, 0) is 24.5 Å². The van der Waals surface area contributed by atoms with Crippen LogP contribution in [0.1, 0.15) is 37.4 Å². The maximum atomic E-state index is 10.6. The Bertz CT molecular complexity index is 338. The Balaban J connectivity index is 2.84. The highest BCUT2D eigenvalue weighted by Crippen LogP contribution is 2.31. The minimum absolute atomic E-state index is 0.236. The first kappa shape index (κ1) is 12.2. The van der Waals surface area contributed by atoms with Gasteiger partial charge in [-0.25, -0.2) is 0 Å². The normalized spacial score (nSPS) is 13.7. The molecule has 0 amide bonds. The molecular weight excluding hydrogens is 206 g/mol. The van der Waals surface area contributed by atoms with Crippen molar-refractivity contribution in [2.45, 2.75) is 33.7 Å². The van der Waals surface area contributed by atoms with Crippen LogP contribution in [0.5, 0.6) is 0 Å². The van der Waals surface area contributed by atoms with Gasteiger partial charge in [-0.15, -0.1) is 11.3 Å². The summed E-state index contributed by atoms with van der Waals surface area (Å²) in [5.74, 6) is 0. The van der Waals surface area contributed by atoms with E-state index in [9.17, 15) is 4.79 Å². The number of rotatable bonds is 3. The molecule has 0 aliphatic heterocycles. The van der Waals surface area contributed by atoms with Crippen LogP contribution >= 0.6 is 11.3 Å². The van der Waals surface area contributed by atoms with E-state index >= 15 is 0 Å². The van der Waals surface area contributed by atoms with E-state index in [1.807, 2.05) is 12.1 Å². The molecule has 0 aromatic carbocycles. The monoisotopic (exact) mass is 225 g/mol. The lowest BCUT2D eigenvalue weighted by Gasteiger charge is -2.35. The van der Waals surface area contributed by atoms with Crippen LogP contribution in [0.15, 0.2) is 12.1 Å². The summed E-state index contributed by atoms with van der Waals surface area (Å²) in [4.78, 5) is 13.6. The largest absolute Gasteiger partial charge is 0.363 e. The van der Waals surface area contributed by atoms with Gasteiger partial charge in [-0.2, -0.15) is 0 Å². The fourth-order valence-corrected chi connectivity index (χ4v) is 2.23. The Morgan fingerprint density at radius 1 is 1.40 bits per heavy atom. The number of hydrogen-bond donors (Lipinski definition) is 0. The van der Waals surface area contributed by atoms with E-state index in [-0.39, 0.29) is 5.41 Å². The third kappa shape index (κ3) is 2.81. The molecule has 0 spiro atoms. The first-order valence-corrected chi connectivity index (χ1v) is 5.95. The van der Waals surface area contributed by atoms with Gasteiger partial charge in [-0.1, -0.05) is 20.8 Å². The molecule has 1 heterocycles. The quantitative estimate of drug-likeness (QED) is 0.735. The minimum atomic E-state index is 0.236. The molecule has 3 heteroatoms. The molecule has 0 saturated carbocycles. The highest BCUT2D eigenvalue weighted by molar-refractivity contribution is 7.17. The highest BCUT2D eigenvalue weighted by Gasteiger charge is 2.24. The summed E-state index contributed by atoms with van der Waals surface area (Å²) in [6.45, 7) is 8.88. The average Bonchev–Trinajstić information content (AvgIpc) is 2.62. The van der Waals surface area contributed by atoms with Crippen molar-refractivity contribution < 1.29 is 4.79 Å². The van der Waals surface area contributed by atoms with Gasteiger partial charge in [0, 0.05) is 13.1 Å². The highest BCUT2D eigenvalue weighted by atomic mass is 32.1. The Morgan fingerprint density at radius 3 is 2.40 bits per heavy atom. The van der Waals surface area contributed by atoms with Gasteiger partial charge in [0.2, 0.25) is 0 Å². The topological polar surface area (TPSA) is 20.3 Å². The molecule has 84 valence electrons. The van der Waals surface area contributed by atoms with Crippen LogP contribution in [0.2, 0.25) is 0 Å². The molecule has 1 rings (SSSR count). The molecule has 15 heavy (non-hydrogen) atoms. The molecule has 0 bridgehead atoms. The maximum absolute atomic E-state index is 10.6. The summed E-state index contributed by atoms with van der Waals surface area (Å²) in [6.07, 6.45) is 0.907. The molecule has 1 aromatic rings.